The van der Waals surface area contributed by atoms with E-state index < -0.39 is 36.5 Å². The zero-order valence-electron chi connectivity index (χ0n) is 27.6. The van der Waals surface area contributed by atoms with Crippen molar-refractivity contribution >= 4 is 11.9 Å². The van der Waals surface area contributed by atoms with Gasteiger partial charge < -0.3 is 30.5 Å². The van der Waals surface area contributed by atoms with Crippen LogP contribution in [0.5, 0.6) is 0 Å². The number of hydrogen-bond donors (Lipinski definition) is 5. The highest BCUT2D eigenvalue weighted by Crippen LogP contribution is 2.28. The Kier molecular flexibility index (Phi) is 19.8. The molecule has 0 aliphatic carbocycles. The van der Waals surface area contributed by atoms with Gasteiger partial charge in [-0.05, 0) is 50.4 Å². The summed E-state index contributed by atoms with van der Waals surface area (Å²) < 4.78 is 5.87. The molecule has 0 saturated carbocycles. The first-order chi connectivity index (χ1) is 20.8. The number of rotatable bonds is 8. The molecule has 250 valence electrons. The monoisotopic (exact) mass is 617 g/mol. The number of cyclic esters (lactones) is 1. The summed E-state index contributed by atoms with van der Waals surface area (Å²) in [5, 5.41) is 46.1. The Labute approximate surface area is 265 Å². The van der Waals surface area contributed by atoms with Gasteiger partial charge in [0, 0.05) is 43.7 Å². The lowest BCUT2D eigenvalue weighted by molar-refractivity contribution is -0.150. The molecule has 1 amide bonds. The molecule has 8 nitrogen and oxygen atoms in total. The first-order valence-corrected chi connectivity index (χ1v) is 16.3. The number of esters is 1. The molecule has 1 rings (SSSR count). The van der Waals surface area contributed by atoms with Crippen molar-refractivity contribution in [1.82, 2.24) is 5.32 Å². The van der Waals surface area contributed by atoms with Gasteiger partial charge in [0.1, 0.15) is 6.10 Å². The van der Waals surface area contributed by atoms with Gasteiger partial charge in [0.05, 0.1) is 24.4 Å². The maximum atomic E-state index is 12.9. The number of unbranched alkanes of at least 4 members (excludes halogenated alkanes) is 1. The minimum absolute atomic E-state index is 0.0290. The summed E-state index contributed by atoms with van der Waals surface area (Å²) in [6.45, 7) is 13.7. The van der Waals surface area contributed by atoms with Crippen LogP contribution in [-0.2, 0) is 14.3 Å². The number of nitrogens with one attached hydrogen (secondary N) is 1. The van der Waals surface area contributed by atoms with Crippen LogP contribution in [0.1, 0.15) is 86.0 Å². The van der Waals surface area contributed by atoms with Crippen LogP contribution >= 0.6 is 0 Å². The summed E-state index contributed by atoms with van der Waals surface area (Å²) in [6.07, 6.45) is 16.5. The highest BCUT2D eigenvalue weighted by molar-refractivity contribution is 5.82. The second kappa shape index (κ2) is 22.1. The van der Waals surface area contributed by atoms with E-state index in [9.17, 15) is 30.0 Å². The average molecular weight is 618 g/mol. The number of hydrogen-bond acceptors (Lipinski definition) is 7. The second-order valence-corrected chi connectivity index (χ2v) is 12.7. The summed E-state index contributed by atoms with van der Waals surface area (Å²) >= 11 is 0. The van der Waals surface area contributed by atoms with E-state index in [1.165, 1.54) is 13.0 Å². The van der Waals surface area contributed by atoms with E-state index in [1.54, 1.807) is 36.5 Å². The summed E-state index contributed by atoms with van der Waals surface area (Å²) in [4.78, 5) is 24.0. The zero-order chi connectivity index (χ0) is 33.1. The van der Waals surface area contributed by atoms with E-state index >= 15 is 0 Å². The van der Waals surface area contributed by atoms with Gasteiger partial charge in [-0.1, -0.05) is 89.3 Å². The van der Waals surface area contributed by atoms with Gasteiger partial charge in [0.2, 0.25) is 5.91 Å². The number of ether oxygens (including phenoxy) is 1. The van der Waals surface area contributed by atoms with Crippen LogP contribution in [0.3, 0.4) is 0 Å². The second-order valence-electron chi connectivity index (χ2n) is 12.7. The minimum Gasteiger partial charge on any atom is -0.458 e. The molecule has 5 N–H and O–H groups in total. The SMILES string of the molecule is C=C/C=C\[C@H](C)[C@@H]1OC(=O)/C=C\C=C\C(CCCCNC(C)=O)[C@@H](O)C[C@H](O)/C=C\C[C@H](O)[C@@H](C)C[C@@H](C)CC[C@@H](O)[C@@H]1C. The molecule has 0 aromatic carbocycles. The lowest BCUT2D eigenvalue weighted by atomic mass is 9.84. The molecule has 0 fully saturated rings. The first kappa shape index (κ1) is 39.5. The van der Waals surface area contributed by atoms with E-state index in [-0.39, 0.29) is 41.9 Å². The van der Waals surface area contributed by atoms with Crippen molar-refractivity contribution in [2.45, 2.75) is 117 Å². The number of carbonyl (C=O) groups excluding carboxylic acids is 2. The van der Waals surface area contributed by atoms with Crippen LogP contribution in [0.4, 0.5) is 0 Å². The molecule has 1 aliphatic heterocycles. The molecule has 44 heavy (non-hydrogen) atoms. The van der Waals surface area contributed by atoms with Crippen molar-refractivity contribution in [2.75, 3.05) is 6.54 Å². The lowest BCUT2D eigenvalue weighted by Gasteiger charge is -2.31. The Bertz CT molecular complexity index is 958. The highest BCUT2D eigenvalue weighted by atomic mass is 16.5. The van der Waals surface area contributed by atoms with E-state index in [0.29, 0.717) is 25.8 Å². The maximum Gasteiger partial charge on any atom is 0.331 e. The fraction of sp³-hybridized carbons (Fsp3) is 0.667. The molecule has 0 aromatic heterocycles. The number of amides is 1. The number of allylic oxidation sites excluding steroid dienone is 4. The van der Waals surface area contributed by atoms with Crippen molar-refractivity contribution in [3.05, 3.63) is 61.3 Å². The normalized spacial score (nSPS) is 34.9. The molecular weight excluding hydrogens is 558 g/mol. The van der Waals surface area contributed by atoms with Crippen molar-refractivity contribution < 1.29 is 34.8 Å². The van der Waals surface area contributed by atoms with Gasteiger partial charge in [0.15, 0.2) is 0 Å². The Morgan fingerprint density at radius 1 is 1.05 bits per heavy atom. The molecule has 1 heterocycles. The maximum absolute atomic E-state index is 12.9. The van der Waals surface area contributed by atoms with Crippen molar-refractivity contribution in [2.24, 2.45) is 29.6 Å². The van der Waals surface area contributed by atoms with Crippen LogP contribution in [0.25, 0.3) is 0 Å². The zero-order valence-corrected chi connectivity index (χ0v) is 27.6. The average Bonchev–Trinajstić information content (AvgIpc) is 2.96. The van der Waals surface area contributed by atoms with Crippen LogP contribution in [0, 0.1) is 29.6 Å². The molecular formula is C36H59NO7. The van der Waals surface area contributed by atoms with Crippen LogP contribution < -0.4 is 5.32 Å². The number of carbonyl (C=O) groups is 2. The molecule has 10 atom stereocenters. The Balaban J connectivity index is 3.21. The Hall–Kier alpha value is -2.52. The summed E-state index contributed by atoms with van der Waals surface area (Å²) in [7, 11) is 0. The molecule has 0 saturated heterocycles. The number of aliphatic hydroxyl groups is 4. The molecule has 0 aromatic rings. The van der Waals surface area contributed by atoms with Gasteiger partial charge in [-0.15, -0.1) is 0 Å². The summed E-state index contributed by atoms with van der Waals surface area (Å²) in [5.74, 6) is -1.06. The first-order valence-electron chi connectivity index (χ1n) is 16.3. The smallest absolute Gasteiger partial charge is 0.331 e. The topological polar surface area (TPSA) is 136 Å². The van der Waals surface area contributed by atoms with Gasteiger partial charge in [0.25, 0.3) is 0 Å². The largest absolute Gasteiger partial charge is 0.458 e. The van der Waals surface area contributed by atoms with Gasteiger partial charge in [-0.25, -0.2) is 4.79 Å². The van der Waals surface area contributed by atoms with Crippen LogP contribution in [0.2, 0.25) is 0 Å². The fourth-order valence-electron chi connectivity index (χ4n) is 5.71. The van der Waals surface area contributed by atoms with Gasteiger partial charge >= 0.3 is 5.97 Å². The molecule has 8 heteroatoms. The Morgan fingerprint density at radius 3 is 2.45 bits per heavy atom. The third-order valence-electron chi connectivity index (χ3n) is 8.59. The predicted octanol–water partition coefficient (Wildman–Crippen LogP) is 5.18. The summed E-state index contributed by atoms with van der Waals surface area (Å²) in [6, 6.07) is 0. The quantitative estimate of drug-likeness (QED) is 0.110. The molecule has 0 bridgehead atoms. The third kappa shape index (κ3) is 16.5. The van der Waals surface area contributed by atoms with Crippen LogP contribution in [-0.4, -0.2) is 69.4 Å². The van der Waals surface area contributed by atoms with E-state index in [4.69, 9.17) is 4.74 Å². The minimum atomic E-state index is -0.873. The van der Waals surface area contributed by atoms with Crippen LogP contribution in [0.15, 0.2) is 61.3 Å². The molecule has 0 radical (unpaired) electrons. The summed E-state index contributed by atoms with van der Waals surface area (Å²) in [5.41, 5.74) is 0. The third-order valence-corrected chi connectivity index (χ3v) is 8.59. The molecule has 1 unspecified atom stereocenters. The van der Waals surface area contributed by atoms with E-state index in [1.807, 2.05) is 32.9 Å². The van der Waals surface area contributed by atoms with E-state index in [2.05, 4.69) is 18.8 Å². The fourth-order valence-corrected chi connectivity index (χ4v) is 5.71. The molecule has 0 spiro atoms. The van der Waals surface area contributed by atoms with Gasteiger partial charge in [-0.2, -0.15) is 0 Å². The van der Waals surface area contributed by atoms with Crippen molar-refractivity contribution in [3.8, 4) is 0 Å². The van der Waals surface area contributed by atoms with Crippen molar-refractivity contribution in [3.63, 3.8) is 0 Å². The highest BCUT2D eigenvalue weighted by Gasteiger charge is 2.31. The lowest BCUT2D eigenvalue weighted by Crippen LogP contribution is -2.37. The number of aliphatic hydroxyl groups excluding tert-OH is 4. The predicted molar refractivity (Wildman–Crippen MR) is 176 cm³/mol. The van der Waals surface area contributed by atoms with E-state index in [0.717, 1.165) is 25.7 Å². The van der Waals surface area contributed by atoms with Gasteiger partial charge in [-0.3, -0.25) is 4.79 Å². The van der Waals surface area contributed by atoms with Crippen molar-refractivity contribution in [1.29, 1.82) is 0 Å². The standard InChI is InChI=1S/C36H59NO7/c1-7-8-14-26(3)36-28(5)33(41)21-20-25(2)23-27(4)32(40)18-13-17-31(39)24-34(42)30(15-9-10-19-35(43)44-36)16-11-12-22-37-29(6)38/h7-10,13-15,17,19,25-28,30-34,36,39-42H,1,11-12,16,18,20-24H2,2-6H3,(H,37,38)/b14-8-,15-9+,17-13-,19-10-/t25-,26-,27-,28-,30?,31+,32-,33+,34-,36-/m0/s1. The Morgan fingerprint density at radius 2 is 1.77 bits per heavy atom. The molecule has 1 aliphatic rings.